The van der Waals surface area contributed by atoms with Crippen LogP contribution >= 0.6 is 11.6 Å². The zero-order valence-electron chi connectivity index (χ0n) is 12.4. The first-order valence-electron chi connectivity index (χ1n) is 7.09. The molecule has 1 aliphatic heterocycles. The second-order valence-electron chi connectivity index (χ2n) is 4.90. The van der Waals surface area contributed by atoms with Crippen molar-refractivity contribution in [3.05, 3.63) is 28.3 Å². The van der Waals surface area contributed by atoms with E-state index in [1.807, 2.05) is 0 Å². The number of amides is 1. The maximum Gasteiger partial charge on any atom is 0.547 e. The normalized spacial score (nSPS) is 16.5. The van der Waals surface area contributed by atoms with Crippen LogP contribution < -0.4 is 9.97 Å². The predicted molar refractivity (Wildman–Crippen MR) is 81.9 cm³/mol. The van der Waals surface area contributed by atoms with Crippen molar-refractivity contribution in [2.75, 3.05) is 6.61 Å². The molecule has 0 aromatic heterocycles. The molecule has 2 N–H and O–H groups in total. The average molecular weight is 326 g/mol. The molecule has 0 aliphatic carbocycles. The Morgan fingerprint density at radius 3 is 2.86 bits per heavy atom. The summed E-state index contributed by atoms with van der Waals surface area (Å²) in [7, 11) is -1.24. The average Bonchev–Trinajstić information content (AvgIpc) is 2.47. The molecule has 8 heteroatoms. The molecule has 0 fully saturated rings. The highest BCUT2D eigenvalue weighted by Crippen LogP contribution is 2.33. The van der Waals surface area contributed by atoms with Crippen molar-refractivity contribution >= 4 is 30.6 Å². The topological polar surface area (TPSA) is 84.9 Å². The van der Waals surface area contributed by atoms with Crippen LogP contribution in [-0.2, 0) is 16.0 Å². The van der Waals surface area contributed by atoms with E-state index in [1.165, 1.54) is 6.07 Å². The minimum Gasteiger partial charge on any atom is -0.534 e. The van der Waals surface area contributed by atoms with E-state index in [0.29, 0.717) is 23.4 Å². The summed E-state index contributed by atoms with van der Waals surface area (Å²) < 4.78 is 10.4. The molecule has 0 saturated heterocycles. The highest BCUT2D eigenvalue weighted by Gasteiger charge is 2.38. The lowest BCUT2D eigenvalue weighted by atomic mass is 9.72. The Kier molecular flexibility index (Phi) is 5.31. The van der Waals surface area contributed by atoms with Crippen molar-refractivity contribution in [2.45, 2.75) is 32.6 Å². The third-order valence-electron chi connectivity index (χ3n) is 3.32. The van der Waals surface area contributed by atoms with E-state index in [2.05, 4.69) is 5.32 Å². The molecule has 1 aromatic carbocycles. The van der Waals surface area contributed by atoms with E-state index in [9.17, 15) is 14.6 Å². The lowest BCUT2D eigenvalue weighted by Crippen LogP contribution is -2.53. The fourth-order valence-corrected chi connectivity index (χ4v) is 2.51. The monoisotopic (exact) mass is 325 g/mol. The predicted octanol–water partition coefficient (Wildman–Crippen LogP) is 1.37. The van der Waals surface area contributed by atoms with Gasteiger partial charge in [-0.2, -0.15) is 0 Å². The van der Waals surface area contributed by atoms with Crippen molar-refractivity contribution in [1.29, 1.82) is 0 Å². The molecule has 1 heterocycles. The molecule has 1 aliphatic rings. The molecule has 0 spiro atoms. The van der Waals surface area contributed by atoms with Crippen LogP contribution in [0.1, 0.15) is 36.2 Å². The molecule has 1 amide bonds. The number of hydrogen-bond acceptors (Lipinski definition) is 5. The van der Waals surface area contributed by atoms with E-state index in [4.69, 9.17) is 21.0 Å². The fourth-order valence-electron chi connectivity index (χ4n) is 2.27. The van der Waals surface area contributed by atoms with Gasteiger partial charge in [0.2, 0.25) is 5.91 Å². The van der Waals surface area contributed by atoms with Crippen LogP contribution in [0, 0.1) is 0 Å². The Labute approximate surface area is 133 Å². The Bertz CT molecular complexity index is 595. The summed E-state index contributed by atoms with van der Waals surface area (Å²) in [5.74, 6) is -1.10. The molecule has 1 aromatic rings. The molecule has 118 valence electrons. The molecule has 0 saturated carbocycles. The summed E-state index contributed by atoms with van der Waals surface area (Å²) in [6, 6.07) is 3.09. The first-order chi connectivity index (χ1) is 10.5. The van der Waals surface area contributed by atoms with Crippen LogP contribution in [0.4, 0.5) is 0 Å². The first kappa shape index (κ1) is 16.6. The van der Waals surface area contributed by atoms with Crippen molar-refractivity contribution in [3.63, 3.8) is 0 Å². The van der Waals surface area contributed by atoms with Gasteiger partial charge in [0.25, 0.3) is 0 Å². The summed E-state index contributed by atoms with van der Waals surface area (Å²) in [5, 5.41) is 13.1. The van der Waals surface area contributed by atoms with E-state index in [1.54, 1.807) is 19.9 Å². The minimum absolute atomic E-state index is 0.170. The van der Waals surface area contributed by atoms with Crippen molar-refractivity contribution in [1.82, 2.24) is 5.32 Å². The van der Waals surface area contributed by atoms with Gasteiger partial charge >= 0.3 is 13.1 Å². The van der Waals surface area contributed by atoms with Crippen LogP contribution in [0.3, 0.4) is 0 Å². The Morgan fingerprint density at radius 1 is 1.50 bits per heavy atom. The highest BCUT2D eigenvalue weighted by molar-refractivity contribution is 6.47. The summed E-state index contributed by atoms with van der Waals surface area (Å²) in [5.41, 5.74) is 0.811. The van der Waals surface area contributed by atoms with Crippen LogP contribution in [0.2, 0.25) is 5.02 Å². The van der Waals surface area contributed by atoms with Gasteiger partial charge in [0.05, 0.1) is 12.5 Å². The number of rotatable bonds is 4. The van der Waals surface area contributed by atoms with E-state index in [-0.39, 0.29) is 23.8 Å². The molecule has 6 nitrogen and oxygen atoms in total. The smallest absolute Gasteiger partial charge is 0.534 e. The second kappa shape index (κ2) is 7.02. The standard InChI is InChI=1S/C14H17BClNO5/c1-3-12(18)17-11-6-8-5-9(16)7-10(14(19)21-4-2)13(8)22-15(11)20/h5,7,11,20H,3-4,6H2,1-2H3,(H,17,18)/t11-/m0/s1. The molecule has 0 bridgehead atoms. The van der Waals surface area contributed by atoms with E-state index < -0.39 is 19.0 Å². The maximum absolute atomic E-state index is 12.0. The number of ether oxygens (including phenoxy) is 1. The Morgan fingerprint density at radius 2 is 2.23 bits per heavy atom. The lowest BCUT2D eigenvalue weighted by Gasteiger charge is -2.29. The SMILES string of the molecule is CCOC(=O)c1cc(Cl)cc2c1OB(O)[C@@H](NC(=O)CC)C2. The molecule has 0 radical (unpaired) electrons. The minimum atomic E-state index is -1.24. The van der Waals surface area contributed by atoms with Gasteiger partial charge < -0.3 is 19.7 Å². The number of fused-ring (bicyclic) bond motifs is 1. The van der Waals surface area contributed by atoms with Gasteiger partial charge in [0, 0.05) is 11.4 Å². The van der Waals surface area contributed by atoms with Gasteiger partial charge in [0.1, 0.15) is 11.3 Å². The number of esters is 1. The van der Waals surface area contributed by atoms with Gasteiger partial charge in [0.15, 0.2) is 0 Å². The lowest BCUT2D eigenvalue weighted by molar-refractivity contribution is -0.121. The van der Waals surface area contributed by atoms with Gasteiger partial charge in [-0.15, -0.1) is 0 Å². The molecule has 2 rings (SSSR count). The summed E-state index contributed by atoms with van der Waals surface area (Å²) in [4.78, 5) is 23.5. The summed E-state index contributed by atoms with van der Waals surface area (Å²) in [6.07, 6.45) is 0.620. The van der Waals surface area contributed by atoms with Crippen LogP contribution in [0.25, 0.3) is 0 Å². The van der Waals surface area contributed by atoms with Crippen LogP contribution in [0.15, 0.2) is 12.1 Å². The maximum atomic E-state index is 12.0. The number of halogens is 1. The number of nitrogens with one attached hydrogen (secondary N) is 1. The van der Waals surface area contributed by atoms with Crippen LogP contribution in [-0.4, -0.2) is 36.6 Å². The number of carbonyl (C=O) groups excluding carboxylic acids is 2. The molecule has 1 atom stereocenters. The molecule has 0 unspecified atom stereocenters. The second-order valence-corrected chi connectivity index (χ2v) is 5.34. The zero-order chi connectivity index (χ0) is 16.3. The Hall–Kier alpha value is -1.73. The number of carbonyl (C=O) groups is 2. The van der Waals surface area contributed by atoms with Gasteiger partial charge in [-0.3, -0.25) is 4.79 Å². The van der Waals surface area contributed by atoms with Crippen molar-refractivity contribution in [3.8, 4) is 5.75 Å². The number of hydrogen-bond donors (Lipinski definition) is 2. The van der Waals surface area contributed by atoms with E-state index >= 15 is 0 Å². The largest absolute Gasteiger partial charge is 0.547 e. The highest BCUT2D eigenvalue weighted by atomic mass is 35.5. The first-order valence-corrected chi connectivity index (χ1v) is 7.47. The molecule has 22 heavy (non-hydrogen) atoms. The Balaban J connectivity index is 2.32. The quantitative estimate of drug-likeness (QED) is 0.645. The third kappa shape index (κ3) is 3.54. The molecular weight excluding hydrogens is 308 g/mol. The summed E-state index contributed by atoms with van der Waals surface area (Å²) in [6.45, 7) is 3.63. The van der Waals surface area contributed by atoms with E-state index in [0.717, 1.165) is 0 Å². The number of benzene rings is 1. The third-order valence-corrected chi connectivity index (χ3v) is 3.53. The van der Waals surface area contributed by atoms with Crippen LogP contribution in [0.5, 0.6) is 5.75 Å². The van der Waals surface area contributed by atoms with Crippen molar-refractivity contribution < 1.29 is 24.0 Å². The zero-order valence-corrected chi connectivity index (χ0v) is 13.1. The fraction of sp³-hybridized carbons (Fsp3) is 0.429. The van der Waals surface area contributed by atoms with Gasteiger partial charge in [-0.05, 0) is 31.0 Å². The van der Waals surface area contributed by atoms with Gasteiger partial charge in [-0.1, -0.05) is 18.5 Å². The van der Waals surface area contributed by atoms with Gasteiger partial charge in [-0.25, -0.2) is 4.79 Å². The van der Waals surface area contributed by atoms with Crippen molar-refractivity contribution in [2.24, 2.45) is 0 Å². The molecular formula is C14H17BClNO5. The summed E-state index contributed by atoms with van der Waals surface area (Å²) >= 11 is 6.03.